The Hall–Kier alpha value is -3.27. The van der Waals surface area contributed by atoms with Gasteiger partial charge in [0.1, 0.15) is 23.9 Å². The Kier molecular flexibility index (Phi) is 10.2. The summed E-state index contributed by atoms with van der Waals surface area (Å²) in [7, 11) is 0. The number of benzene rings is 2. The van der Waals surface area contributed by atoms with Crippen molar-refractivity contribution in [2.24, 2.45) is 17.2 Å². The van der Waals surface area contributed by atoms with Gasteiger partial charge >= 0.3 is 17.9 Å². The van der Waals surface area contributed by atoms with Crippen LogP contribution in [0.25, 0.3) is 0 Å². The molecule has 2 aromatic rings. The molecule has 0 fully saturated rings. The van der Waals surface area contributed by atoms with Gasteiger partial charge in [-0.05, 0) is 43.0 Å². The number of esters is 2. The zero-order chi connectivity index (χ0) is 22.7. The van der Waals surface area contributed by atoms with E-state index in [9.17, 15) is 14.4 Å². The molecule has 9 heteroatoms. The van der Waals surface area contributed by atoms with Gasteiger partial charge < -0.3 is 32.2 Å². The standard InChI is InChI=1S/C12H16N2O3.C9H11NO3/c1-8(13)11(15)17-12(16)10(14)7-9-5-3-2-4-6-9;10-8(9(12)13)5-6-1-3-7(11)4-2-6/h2-6,8,10H,7,13-14H2,1H3;1-4,8,11H,5,10H2,(H,12,13)/t8-,10-;8-/m00/s1. The monoisotopic (exact) mass is 417 g/mol. The Morgan fingerprint density at radius 2 is 1.33 bits per heavy atom. The molecule has 3 atom stereocenters. The first-order valence-corrected chi connectivity index (χ1v) is 9.17. The molecule has 0 saturated heterocycles. The maximum absolute atomic E-state index is 11.4. The fourth-order valence-electron chi connectivity index (χ4n) is 2.19. The Morgan fingerprint density at radius 3 is 1.83 bits per heavy atom. The minimum absolute atomic E-state index is 0.160. The highest BCUT2D eigenvalue weighted by Crippen LogP contribution is 2.10. The van der Waals surface area contributed by atoms with Crippen molar-refractivity contribution < 1.29 is 29.3 Å². The minimum Gasteiger partial charge on any atom is -0.508 e. The lowest BCUT2D eigenvalue weighted by atomic mass is 10.1. The summed E-state index contributed by atoms with van der Waals surface area (Å²) in [6.07, 6.45) is 0.599. The molecule has 0 aromatic heterocycles. The number of carbonyl (C=O) groups excluding carboxylic acids is 2. The predicted molar refractivity (Wildman–Crippen MR) is 110 cm³/mol. The average molecular weight is 417 g/mol. The summed E-state index contributed by atoms with van der Waals surface area (Å²) in [6, 6.07) is 13.0. The summed E-state index contributed by atoms with van der Waals surface area (Å²) in [5.74, 6) is -2.38. The number of phenols is 1. The molecule has 0 heterocycles. The largest absolute Gasteiger partial charge is 0.508 e. The third kappa shape index (κ3) is 9.28. The first kappa shape index (κ1) is 24.8. The van der Waals surface area contributed by atoms with E-state index in [1.54, 1.807) is 12.1 Å². The number of aliphatic carboxylic acids is 1. The van der Waals surface area contributed by atoms with Crippen molar-refractivity contribution in [3.63, 3.8) is 0 Å². The molecule has 2 aromatic carbocycles. The number of nitrogens with two attached hydrogens (primary N) is 3. The number of carboxylic acid groups (broad SMARTS) is 1. The van der Waals surface area contributed by atoms with Gasteiger partial charge in [0.2, 0.25) is 0 Å². The topological polar surface area (TPSA) is 179 Å². The first-order chi connectivity index (χ1) is 14.1. The highest BCUT2D eigenvalue weighted by Gasteiger charge is 2.21. The van der Waals surface area contributed by atoms with Crippen LogP contribution < -0.4 is 17.2 Å². The Labute approximate surface area is 174 Å². The number of rotatable bonds is 7. The highest BCUT2D eigenvalue weighted by molar-refractivity contribution is 5.90. The second-order valence-electron chi connectivity index (χ2n) is 6.64. The maximum atomic E-state index is 11.4. The zero-order valence-electron chi connectivity index (χ0n) is 16.6. The molecule has 30 heavy (non-hydrogen) atoms. The molecule has 0 saturated carbocycles. The van der Waals surface area contributed by atoms with Crippen molar-refractivity contribution in [3.8, 4) is 5.75 Å². The summed E-state index contributed by atoms with van der Waals surface area (Å²) in [6.45, 7) is 1.44. The lowest BCUT2D eigenvalue weighted by Gasteiger charge is -2.11. The van der Waals surface area contributed by atoms with Gasteiger partial charge in [0, 0.05) is 0 Å². The number of carbonyl (C=O) groups is 3. The lowest BCUT2D eigenvalue weighted by molar-refractivity contribution is -0.161. The second-order valence-corrected chi connectivity index (χ2v) is 6.64. The van der Waals surface area contributed by atoms with Gasteiger partial charge in [0.25, 0.3) is 0 Å². The summed E-state index contributed by atoms with van der Waals surface area (Å²) in [5.41, 5.74) is 17.9. The minimum atomic E-state index is -1.02. The number of carboxylic acids is 1. The molecule has 0 amide bonds. The number of ether oxygens (including phenoxy) is 1. The Morgan fingerprint density at radius 1 is 0.833 bits per heavy atom. The van der Waals surface area contributed by atoms with Crippen LogP contribution in [-0.4, -0.2) is 46.2 Å². The van der Waals surface area contributed by atoms with Gasteiger partial charge in [0.05, 0.1) is 0 Å². The highest BCUT2D eigenvalue weighted by atomic mass is 16.6. The van der Waals surface area contributed by atoms with Gasteiger partial charge in [-0.15, -0.1) is 0 Å². The van der Waals surface area contributed by atoms with Crippen LogP contribution in [0, 0.1) is 0 Å². The van der Waals surface area contributed by atoms with Crippen LogP contribution in [0.1, 0.15) is 18.1 Å². The first-order valence-electron chi connectivity index (χ1n) is 9.17. The summed E-state index contributed by atoms with van der Waals surface area (Å²) in [4.78, 5) is 32.9. The molecule has 0 aliphatic rings. The molecule has 2 rings (SSSR count). The van der Waals surface area contributed by atoms with Gasteiger partial charge in [-0.25, -0.2) is 9.59 Å². The van der Waals surface area contributed by atoms with Crippen LogP contribution in [0.5, 0.6) is 5.75 Å². The Bertz CT molecular complexity index is 824. The molecule has 8 N–H and O–H groups in total. The van der Waals surface area contributed by atoms with Crippen LogP contribution in [0.3, 0.4) is 0 Å². The predicted octanol–water partition coefficient (Wildman–Crippen LogP) is 0.320. The van der Waals surface area contributed by atoms with Crippen molar-refractivity contribution in [1.82, 2.24) is 0 Å². The van der Waals surface area contributed by atoms with E-state index < -0.39 is 36.0 Å². The van der Waals surface area contributed by atoms with Crippen LogP contribution >= 0.6 is 0 Å². The van der Waals surface area contributed by atoms with E-state index in [4.69, 9.17) is 27.4 Å². The normalized spacial score (nSPS) is 13.2. The average Bonchev–Trinajstić information content (AvgIpc) is 2.70. The lowest BCUT2D eigenvalue weighted by Crippen LogP contribution is -2.39. The molecule has 9 nitrogen and oxygen atoms in total. The van der Waals surface area contributed by atoms with Gasteiger partial charge in [-0.1, -0.05) is 42.5 Å². The molecular weight excluding hydrogens is 390 g/mol. The van der Waals surface area contributed by atoms with E-state index in [0.29, 0.717) is 6.42 Å². The van der Waals surface area contributed by atoms with Gasteiger partial charge in [-0.3, -0.25) is 4.79 Å². The molecule has 0 aliphatic heterocycles. The molecule has 0 unspecified atom stereocenters. The number of hydrogen-bond acceptors (Lipinski definition) is 8. The number of aromatic hydroxyl groups is 1. The molecular formula is C21H27N3O6. The second kappa shape index (κ2) is 12.3. The van der Waals surface area contributed by atoms with Crippen LogP contribution in [-0.2, 0) is 32.0 Å². The van der Waals surface area contributed by atoms with Crippen molar-refractivity contribution in [3.05, 3.63) is 65.7 Å². The van der Waals surface area contributed by atoms with Crippen LogP contribution in [0.2, 0.25) is 0 Å². The third-order valence-electron chi connectivity index (χ3n) is 3.88. The summed E-state index contributed by atoms with van der Waals surface area (Å²) < 4.78 is 4.52. The van der Waals surface area contributed by atoms with E-state index in [2.05, 4.69) is 4.74 Å². The van der Waals surface area contributed by atoms with E-state index in [1.807, 2.05) is 30.3 Å². The third-order valence-corrected chi connectivity index (χ3v) is 3.88. The quantitative estimate of drug-likeness (QED) is 0.313. The van der Waals surface area contributed by atoms with E-state index >= 15 is 0 Å². The molecule has 0 bridgehead atoms. The van der Waals surface area contributed by atoms with Crippen LogP contribution in [0.4, 0.5) is 0 Å². The molecule has 162 valence electrons. The van der Waals surface area contributed by atoms with Gasteiger partial charge in [-0.2, -0.15) is 0 Å². The Balaban J connectivity index is 0.000000311. The van der Waals surface area contributed by atoms with E-state index in [-0.39, 0.29) is 12.2 Å². The summed E-state index contributed by atoms with van der Waals surface area (Å²) in [5, 5.41) is 17.5. The zero-order valence-corrected chi connectivity index (χ0v) is 16.6. The molecule has 0 aliphatic carbocycles. The number of phenolic OH excluding ortho intramolecular Hbond substituents is 1. The maximum Gasteiger partial charge on any atom is 0.330 e. The molecule has 0 radical (unpaired) electrons. The fourth-order valence-corrected chi connectivity index (χ4v) is 2.19. The fraction of sp³-hybridized carbons (Fsp3) is 0.286. The van der Waals surface area contributed by atoms with Gasteiger partial charge in [0.15, 0.2) is 0 Å². The van der Waals surface area contributed by atoms with Crippen LogP contribution in [0.15, 0.2) is 54.6 Å². The van der Waals surface area contributed by atoms with Crippen molar-refractivity contribution in [2.75, 3.05) is 0 Å². The van der Waals surface area contributed by atoms with Crippen molar-refractivity contribution in [2.45, 2.75) is 37.9 Å². The smallest absolute Gasteiger partial charge is 0.330 e. The number of hydrogen-bond donors (Lipinski definition) is 5. The van der Waals surface area contributed by atoms with Crippen molar-refractivity contribution >= 4 is 17.9 Å². The summed E-state index contributed by atoms with van der Waals surface area (Å²) >= 11 is 0. The van der Waals surface area contributed by atoms with E-state index in [0.717, 1.165) is 11.1 Å². The van der Waals surface area contributed by atoms with E-state index in [1.165, 1.54) is 19.1 Å². The SMILES string of the molecule is C[C@H](N)C(=O)OC(=O)[C@@H](N)Cc1ccccc1.N[C@@H](Cc1ccc(O)cc1)C(=O)O. The van der Waals surface area contributed by atoms with Crippen molar-refractivity contribution in [1.29, 1.82) is 0 Å². The molecule has 0 spiro atoms.